The number of hydrogen-bond acceptors (Lipinski definition) is 3. The van der Waals surface area contributed by atoms with E-state index < -0.39 is 6.10 Å². The third-order valence-corrected chi connectivity index (χ3v) is 1.23. The van der Waals surface area contributed by atoms with E-state index in [1.54, 1.807) is 0 Å². The summed E-state index contributed by atoms with van der Waals surface area (Å²) in [6.45, 7) is -0.369. The van der Waals surface area contributed by atoms with Crippen LogP contribution in [0.5, 0.6) is 0 Å². The van der Waals surface area contributed by atoms with Crippen molar-refractivity contribution in [1.82, 2.24) is 0 Å². The zero-order chi connectivity index (χ0) is 12.1. The van der Waals surface area contributed by atoms with Crippen molar-refractivity contribution in [2.45, 2.75) is 6.10 Å². The van der Waals surface area contributed by atoms with E-state index in [0.29, 0.717) is 0 Å². The van der Waals surface area contributed by atoms with E-state index in [1.165, 1.54) is 24.3 Å². The van der Waals surface area contributed by atoms with Crippen LogP contribution in [0.4, 0.5) is 0 Å². The summed E-state index contributed by atoms with van der Waals surface area (Å²) in [7, 11) is 0. The lowest BCUT2D eigenvalue weighted by Crippen LogP contribution is -2.06. The van der Waals surface area contributed by atoms with Crippen LogP contribution in [0, 0.1) is 35.5 Å². The van der Waals surface area contributed by atoms with Gasteiger partial charge in [-0.3, -0.25) is 0 Å². The molecule has 0 aromatic carbocycles. The van der Waals surface area contributed by atoms with Crippen LogP contribution in [0.15, 0.2) is 24.3 Å². The molecule has 0 bridgehead atoms. The highest BCUT2D eigenvalue weighted by Crippen LogP contribution is 1.81. The molecule has 3 nitrogen and oxygen atoms in total. The summed E-state index contributed by atoms with van der Waals surface area (Å²) in [5, 5.41) is 25.7. The van der Waals surface area contributed by atoms with Crippen molar-refractivity contribution in [3.05, 3.63) is 24.3 Å². The van der Waals surface area contributed by atoms with Gasteiger partial charge in [0.2, 0.25) is 0 Å². The zero-order valence-corrected chi connectivity index (χ0v) is 8.64. The largest absolute Gasteiger partial charge is 0.393 e. The van der Waals surface area contributed by atoms with Gasteiger partial charge in [0, 0.05) is 0 Å². The van der Waals surface area contributed by atoms with Crippen molar-refractivity contribution >= 4 is 0 Å². The summed E-state index contributed by atoms with van der Waals surface area (Å²) < 4.78 is 0. The van der Waals surface area contributed by atoms with Crippen molar-refractivity contribution < 1.29 is 15.3 Å². The topological polar surface area (TPSA) is 60.7 Å². The Kier molecular flexibility index (Phi) is 9.75. The van der Waals surface area contributed by atoms with Crippen LogP contribution in [0.1, 0.15) is 0 Å². The number of aliphatic hydroxyl groups excluding tert-OH is 3. The van der Waals surface area contributed by atoms with Gasteiger partial charge in [0.25, 0.3) is 0 Å². The molecular weight excluding hydrogens is 204 g/mol. The fourth-order valence-corrected chi connectivity index (χ4v) is 0.550. The Hall–Kier alpha value is -1.96. The van der Waals surface area contributed by atoms with E-state index in [1.807, 2.05) is 0 Å². The van der Waals surface area contributed by atoms with Gasteiger partial charge >= 0.3 is 0 Å². The second-order valence-corrected chi connectivity index (χ2v) is 2.48. The van der Waals surface area contributed by atoms with Crippen LogP contribution < -0.4 is 0 Å². The Balaban J connectivity index is 4.00. The van der Waals surface area contributed by atoms with Gasteiger partial charge in [0.15, 0.2) is 0 Å². The molecule has 0 rings (SSSR count). The van der Waals surface area contributed by atoms with Crippen LogP contribution in [0.3, 0.4) is 0 Å². The molecule has 0 fully saturated rings. The Bertz CT molecular complexity index is 413. The fraction of sp³-hybridized carbons (Fsp3) is 0.231. The molecule has 3 heteroatoms. The molecule has 0 amide bonds. The molecule has 0 spiro atoms. The van der Waals surface area contributed by atoms with Gasteiger partial charge in [-0.15, -0.1) is 0 Å². The van der Waals surface area contributed by atoms with Crippen molar-refractivity contribution in [3.63, 3.8) is 0 Å². The Morgan fingerprint density at radius 1 is 0.938 bits per heavy atom. The smallest absolute Gasteiger partial charge is 0.0960 e. The van der Waals surface area contributed by atoms with E-state index >= 15 is 0 Å². The molecule has 0 aliphatic rings. The lowest BCUT2D eigenvalue weighted by Gasteiger charge is -1.94. The summed E-state index contributed by atoms with van der Waals surface area (Å²) in [4.78, 5) is 0. The lowest BCUT2D eigenvalue weighted by molar-refractivity contribution is 0.131. The zero-order valence-electron chi connectivity index (χ0n) is 8.64. The Morgan fingerprint density at radius 2 is 1.56 bits per heavy atom. The van der Waals surface area contributed by atoms with E-state index in [-0.39, 0.29) is 13.2 Å². The van der Waals surface area contributed by atoms with E-state index in [0.717, 1.165) is 0 Å². The molecule has 0 aliphatic heterocycles. The summed E-state index contributed by atoms with van der Waals surface area (Å²) in [6, 6.07) is 0. The normalized spacial score (nSPS) is 10.9. The number of rotatable bonds is 3. The summed E-state index contributed by atoms with van der Waals surface area (Å²) >= 11 is 0. The van der Waals surface area contributed by atoms with Crippen LogP contribution in [0.25, 0.3) is 0 Å². The van der Waals surface area contributed by atoms with Gasteiger partial charge in [-0.25, -0.2) is 0 Å². The van der Waals surface area contributed by atoms with Gasteiger partial charge < -0.3 is 15.3 Å². The minimum atomic E-state index is -0.884. The average Bonchev–Trinajstić information content (AvgIpc) is 2.31. The van der Waals surface area contributed by atoms with Crippen molar-refractivity contribution in [3.8, 4) is 35.5 Å². The highest BCUT2D eigenvalue weighted by Gasteiger charge is 1.90. The SMILES string of the molecule is OC/C=C/C#CC#CC#C/C=C/[C@H](O)CO. The van der Waals surface area contributed by atoms with Gasteiger partial charge in [0.1, 0.15) is 0 Å². The molecule has 0 aromatic rings. The van der Waals surface area contributed by atoms with Crippen LogP contribution in [0.2, 0.25) is 0 Å². The molecule has 0 radical (unpaired) electrons. The highest BCUT2D eigenvalue weighted by atomic mass is 16.3. The molecule has 0 aliphatic carbocycles. The molecule has 0 aromatic heterocycles. The van der Waals surface area contributed by atoms with Crippen molar-refractivity contribution in [2.75, 3.05) is 13.2 Å². The monoisotopic (exact) mass is 216 g/mol. The minimum absolute atomic E-state index is 0.0418. The average molecular weight is 216 g/mol. The first-order chi connectivity index (χ1) is 7.81. The first-order valence-corrected chi connectivity index (χ1v) is 4.53. The van der Waals surface area contributed by atoms with Gasteiger partial charge in [-0.1, -0.05) is 17.9 Å². The predicted molar refractivity (Wildman–Crippen MR) is 61.8 cm³/mol. The molecule has 16 heavy (non-hydrogen) atoms. The maximum Gasteiger partial charge on any atom is 0.0960 e. The lowest BCUT2D eigenvalue weighted by atomic mass is 10.3. The third kappa shape index (κ3) is 10.1. The molecule has 0 unspecified atom stereocenters. The maximum atomic E-state index is 8.89. The fourth-order valence-electron chi connectivity index (χ4n) is 0.550. The van der Waals surface area contributed by atoms with Crippen LogP contribution in [-0.2, 0) is 0 Å². The van der Waals surface area contributed by atoms with Crippen molar-refractivity contribution in [1.29, 1.82) is 0 Å². The first kappa shape index (κ1) is 14.0. The molecule has 1 atom stereocenters. The molecule has 0 saturated carbocycles. The molecule has 0 saturated heterocycles. The summed E-state index contributed by atoms with van der Waals surface area (Å²) in [5.41, 5.74) is 0. The quantitative estimate of drug-likeness (QED) is 0.555. The van der Waals surface area contributed by atoms with Gasteiger partial charge in [-0.05, 0) is 41.9 Å². The summed E-state index contributed by atoms with van der Waals surface area (Å²) in [5.74, 6) is 15.1. The first-order valence-electron chi connectivity index (χ1n) is 4.53. The van der Waals surface area contributed by atoms with E-state index in [9.17, 15) is 0 Å². The number of allylic oxidation sites excluding steroid dienone is 2. The van der Waals surface area contributed by atoms with Gasteiger partial charge in [0.05, 0.1) is 19.3 Å². The Labute approximate surface area is 95.1 Å². The molecule has 0 heterocycles. The minimum Gasteiger partial charge on any atom is -0.393 e. The second kappa shape index (κ2) is 11.1. The molecule has 3 N–H and O–H groups in total. The summed E-state index contributed by atoms with van der Waals surface area (Å²) in [6.07, 6.45) is 4.89. The van der Waals surface area contributed by atoms with E-state index in [2.05, 4.69) is 35.5 Å². The third-order valence-electron chi connectivity index (χ3n) is 1.23. The second-order valence-electron chi connectivity index (χ2n) is 2.48. The number of aliphatic hydroxyl groups is 3. The van der Waals surface area contributed by atoms with Crippen molar-refractivity contribution in [2.24, 2.45) is 0 Å². The molecular formula is C13H12O3. The highest BCUT2D eigenvalue weighted by molar-refractivity contribution is 5.39. The standard InChI is InChI=1S/C13H12O3/c14-11-9-7-5-3-1-2-4-6-8-10-13(16)12-15/h7-10,13-16H,11-12H2/b9-7+,10-8+/t13-/m0/s1. The van der Waals surface area contributed by atoms with Gasteiger partial charge in [-0.2, -0.15) is 0 Å². The van der Waals surface area contributed by atoms with Crippen LogP contribution in [-0.4, -0.2) is 34.6 Å². The van der Waals surface area contributed by atoms with E-state index in [4.69, 9.17) is 15.3 Å². The predicted octanol–water partition coefficient (Wildman–Crippen LogP) is -0.546. The molecule has 82 valence electrons. The maximum absolute atomic E-state index is 8.89. The van der Waals surface area contributed by atoms with Crippen LogP contribution >= 0.6 is 0 Å². The number of hydrogen-bond donors (Lipinski definition) is 3. The Morgan fingerprint density at radius 3 is 2.12 bits per heavy atom.